The fourth-order valence-corrected chi connectivity index (χ4v) is 1.78. The lowest BCUT2D eigenvalue weighted by atomic mass is 9.78. The van der Waals surface area contributed by atoms with Crippen LogP contribution in [-0.4, -0.2) is 24.4 Å². The molecule has 1 saturated heterocycles. The van der Waals surface area contributed by atoms with Gasteiger partial charge < -0.3 is 9.84 Å². The minimum absolute atomic E-state index is 0.168. The van der Waals surface area contributed by atoms with Gasteiger partial charge in [0.25, 0.3) is 0 Å². The molecule has 1 atom stereocenters. The van der Waals surface area contributed by atoms with Crippen LogP contribution in [0.3, 0.4) is 0 Å². The predicted molar refractivity (Wildman–Crippen MR) is 44.5 cm³/mol. The van der Waals surface area contributed by atoms with Crippen LogP contribution in [0.4, 0.5) is 0 Å². The highest BCUT2D eigenvalue weighted by molar-refractivity contribution is 4.78. The molecule has 0 aliphatic carbocycles. The number of aliphatic hydroxyl groups is 1. The second kappa shape index (κ2) is 3.55. The van der Waals surface area contributed by atoms with E-state index >= 15 is 0 Å². The highest BCUT2D eigenvalue weighted by Crippen LogP contribution is 2.34. The van der Waals surface area contributed by atoms with Crippen molar-refractivity contribution >= 4 is 0 Å². The van der Waals surface area contributed by atoms with E-state index in [9.17, 15) is 5.11 Å². The summed E-state index contributed by atoms with van der Waals surface area (Å²) in [5.41, 5.74) is 0.326. The fraction of sp³-hybridized carbons (Fsp3) is 1.00. The van der Waals surface area contributed by atoms with Crippen LogP contribution in [0.2, 0.25) is 0 Å². The molecule has 1 aliphatic heterocycles. The van der Waals surface area contributed by atoms with Crippen LogP contribution in [0.5, 0.6) is 0 Å². The van der Waals surface area contributed by atoms with Crippen LogP contribution >= 0.6 is 0 Å². The number of aliphatic hydroxyl groups excluding tert-OH is 1. The molecule has 1 unspecified atom stereocenters. The Balaban J connectivity index is 2.37. The van der Waals surface area contributed by atoms with Crippen molar-refractivity contribution in [1.82, 2.24) is 0 Å². The molecule has 0 aromatic rings. The molecule has 1 heterocycles. The van der Waals surface area contributed by atoms with E-state index in [1.807, 2.05) is 6.92 Å². The first kappa shape index (κ1) is 9.01. The SMILES string of the molecule is CC(O)CC1(C)CCOCC1. The zero-order valence-electron chi connectivity index (χ0n) is 7.47. The Morgan fingerprint density at radius 1 is 1.45 bits per heavy atom. The quantitative estimate of drug-likeness (QED) is 0.661. The van der Waals surface area contributed by atoms with Gasteiger partial charge >= 0.3 is 0 Å². The van der Waals surface area contributed by atoms with Gasteiger partial charge in [0.05, 0.1) is 6.10 Å². The smallest absolute Gasteiger partial charge is 0.0517 e. The van der Waals surface area contributed by atoms with E-state index in [0.29, 0.717) is 5.41 Å². The summed E-state index contributed by atoms with van der Waals surface area (Å²) in [5.74, 6) is 0. The van der Waals surface area contributed by atoms with Gasteiger partial charge in [-0.2, -0.15) is 0 Å². The van der Waals surface area contributed by atoms with E-state index in [4.69, 9.17) is 4.74 Å². The molecule has 11 heavy (non-hydrogen) atoms. The molecule has 0 saturated carbocycles. The van der Waals surface area contributed by atoms with Crippen molar-refractivity contribution in [2.75, 3.05) is 13.2 Å². The van der Waals surface area contributed by atoms with Crippen molar-refractivity contribution in [3.8, 4) is 0 Å². The van der Waals surface area contributed by atoms with Gasteiger partial charge in [-0.1, -0.05) is 6.92 Å². The summed E-state index contributed by atoms with van der Waals surface area (Å²) in [5, 5.41) is 9.23. The van der Waals surface area contributed by atoms with Gasteiger partial charge in [-0.25, -0.2) is 0 Å². The van der Waals surface area contributed by atoms with Crippen molar-refractivity contribution in [3.05, 3.63) is 0 Å². The zero-order chi connectivity index (χ0) is 8.32. The van der Waals surface area contributed by atoms with Crippen molar-refractivity contribution in [1.29, 1.82) is 0 Å². The summed E-state index contributed by atoms with van der Waals surface area (Å²) in [7, 11) is 0. The predicted octanol–water partition coefficient (Wildman–Crippen LogP) is 1.57. The Hall–Kier alpha value is -0.0800. The van der Waals surface area contributed by atoms with Crippen LogP contribution in [0.1, 0.15) is 33.1 Å². The molecule has 2 nitrogen and oxygen atoms in total. The maximum absolute atomic E-state index is 9.23. The van der Waals surface area contributed by atoms with Crippen LogP contribution in [0, 0.1) is 5.41 Å². The summed E-state index contributed by atoms with van der Waals surface area (Å²) in [6.07, 6.45) is 2.93. The van der Waals surface area contributed by atoms with Crippen molar-refractivity contribution in [3.63, 3.8) is 0 Å². The monoisotopic (exact) mass is 158 g/mol. The third kappa shape index (κ3) is 2.80. The van der Waals surface area contributed by atoms with E-state index in [2.05, 4.69) is 6.92 Å². The van der Waals surface area contributed by atoms with Gasteiger partial charge in [-0.05, 0) is 31.6 Å². The molecule has 66 valence electrons. The molecule has 0 aromatic heterocycles. The summed E-state index contributed by atoms with van der Waals surface area (Å²) in [4.78, 5) is 0. The molecule has 1 aliphatic rings. The van der Waals surface area contributed by atoms with Crippen molar-refractivity contribution < 1.29 is 9.84 Å². The van der Waals surface area contributed by atoms with Crippen molar-refractivity contribution in [2.45, 2.75) is 39.2 Å². The van der Waals surface area contributed by atoms with Gasteiger partial charge in [0.2, 0.25) is 0 Å². The second-order valence-corrected chi connectivity index (χ2v) is 3.98. The molecule has 1 fully saturated rings. The minimum Gasteiger partial charge on any atom is -0.393 e. The molecule has 1 N–H and O–H groups in total. The largest absolute Gasteiger partial charge is 0.393 e. The van der Waals surface area contributed by atoms with E-state index in [1.54, 1.807) is 0 Å². The van der Waals surface area contributed by atoms with Gasteiger partial charge in [0.1, 0.15) is 0 Å². The normalized spacial score (nSPS) is 26.5. The Morgan fingerprint density at radius 3 is 2.45 bits per heavy atom. The maximum Gasteiger partial charge on any atom is 0.0517 e. The van der Waals surface area contributed by atoms with Crippen LogP contribution in [-0.2, 0) is 4.74 Å². The van der Waals surface area contributed by atoms with Crippen LogP contribution in [0.15, 0.2) is 0 Å². The first-order valence-electron chi connectivity index (χ1n) is 4.38. The summed E-state index contributed by atoms with van der Waals surface area (Å²) in [6.45, 7) is 5.83. The highest BCUT2D eigenvalue weighted by Gasteiger charge is 2.28. The van der Waals surface area contributed by atoms with Gasteiger partial charge in [0.15, 0.2) is 0 Å². The standard InChI is InChI=1S/C9H18O2/c1-8(10)7-9(2)3-5-11-6-4-9/h8,10H,3-7H2,1-2H3. The second-order valence-electron chi connectivity index (χ2n) is 3.98. The molecule has 0 bridgehead atoms. The van der Waals surface area contributed by atoms with Gasteiger partial charge in [-0.15, -0.1) is 0 Å². The average Bonchev–Trinajstić information content (AvgIpc) is 1.85. The summed E-state index contributed by atoms with van der Waals surface area (Å²) in [6, 6.07) is 0. The van der Waals surface area contributed by atoms with E-state index in [-0.39, 0.29) is 6.10 Å². The Kier molecular flexibility index (Phi) is 2.90. The van der Waals surface area contributed by atoms with Gasteiger partial charge in [0, 0.05) is 13.2 Å². The zero-order valence-corrected chi connectivity index (χ0v) is 7.47. The molecule has 2 heteroatoms. The first-order valence-corrected chi connectivity index (χ1v) is 4.38. The maximum atomic E-state index is 9.23. The Morgan fingerprint density at radius 2 is 2.00 bits per heavy atom. The lowest BCUT2D eigenvalue weighted by Gasteiger charge is -2.34. The first-order chi connectivity index (χ1) is 5.12. The molecular weight excluding hydrogens is 140 g/mol. The van der Waals surface area contributed by atoms with E-state index in [1.165, 1.54) is 0 Å². The fourth-order valence-electron chi connectivity index (χ4n) is 1.78. The average molecular weight is 158 g/mol. The van der Waals surface area contributed by atoms with Gasteiger partial charge in [-0.3, -0.25) is 0 Å². The third-order valence-corrected chi connectivity index (χ3v) is 2.49. The lowest BCUT2D eigenvalue weighted by molar-refractivity contribution is -0.000568. The number of ether oxygens (including phenoxy) is 1. The lowest BCUT2D eigenvalue weighted by Crippen LogP contribution is -2.29. The Bertz CT molecular complexity index is 115. The number of hydrogen-bond donors (Lipinski definition) is 1. The van der Waals surface area contributed by atoms with E-state index < -0.39 is 0 Å². The molecular formula is C9H18O2. The molecule has 1 rings (SSSR count). The molecule has 0 radical (unpaired) electrons. The molecule has 0 amide bonds. The molecule has 0 spiro atoms. The minimum atomic E-state index is -0.168. The summed E-state index contributed by atoms with van der Waals surface area (Å²) >= 11 is 0. The Labute approximate surface area is 68.6 Å². The van der Waals surface area contributed by atoms with E-state index in [0.717, 1.165) is 32.5 Å². The number of rotatable bonds is 2. The molecule has 0 aromatic carbocycles. The van der Waals surface area contributed by atoms with Crippen LogP contribution in [0.25, 0.3) is 0 Å². The highest BCUT2D eigenvalue weighted by atomic mass is 16.5. The third-order valence-electron chi connectivity index (χ3n) is 2.49. The summed E-state index contributed by atoms with van der Waals surface area (Å²) < 4.78 is 5.26. The van der Waals surface area contributed by atoms with Crippen molar-refractivity contribution in [2.24, 2.45) is 5.41 Å². The topological polar surface area (TPSA) is 29.5 Å². The van der Waals surface area contributed by atoms with Crippen LogP contribution < -0.4 is 0 Å². The number of hydrogen-bond acceptors (Lipinski definition) is 2.